The van der Waals surface area contributed by atoms with Crippen molar-refractivity contribution in [3.8, 4) is 0 Å². The average Bonchev–Trinajstić information content (AvgIpc) is 2.74. The number of nitrogens with zero attached hydrogens (tertiary/aromatic N) is 2. The van der Waals surface area contributed by atoms with Crippen LogP contribution in [0.3, 0.4) is 0 Å². The van der Waals surface area contributed by atoms with E-state index >= 15 is 0 Å². The number of rotatable bonds is 6. The van der Waals surface area contributed by atoms with Gasteiger partial charge in [0.25, 0.3) is 0 Å². The first-order valence-electron chi connectivity index (χ1n) is 4.80. The topological polar surface area (TPSA) is 76.4 Å². The zero-order valence-electron chi connectivity index (χ0n) is 8.43. The molecule has 0 aliphatic rings. The van der Waals surface area contributed by atoms with E-state index in [4.69, 9.17) is 5.11 Å². The quantitative estimate of drug-likeness (QED) is 0.652. The normalized spacial score (nSPS) is 9.93. The predicted octanol–water partition coefficient (Wildman–Crippen LogP) is -0.00830. The summed E-state index contributed by atoms with van der Waals surface area (Å²) >= 11 is 0. The van der Waals surface area contributed by atoms with Crippen molar-refractivity contribution in [2.24, 2.45) is 0 Å². The predicted molar refractivity (Wildman–Crippen MR) is 53.3 cm³/mol. The third kappa shape index (κ3) is 5.02. The van der Waals surface area contributed by atoms with Gasteiger partial charge in [-0.25, -0.2) is 9.78 Å². The van der Waals surface area contributed by atoms with Crippen molar-refractivity contribution < 1.29 is 14.6 Å². The maximum Gasteiger partial charge on any atom is 0.407 e. The van der Waals surface area contributed by atoms with E-state index in [1.807, 2.05) is 10.8 Å². The zero-order valence-corrected chi connectivity index (χ0v) is 8.43. The fourth-order valence-corrected chi connectivity index (χ4v) is 1.06. The second-order valence-electron chi connectivity index (χ2n) is 2.94. The van der Waals surface area contributed by atoms with Crippen molar-refractivity contribution >= 4 is 6.09 Å². The van der Waals surface area contributed by atoms with Crippen LogP contribution in [0.25, 0.3) is 0 Å². The summed E-state index contributed by atoms with van der Waals surface area (Å²) in [7, 11) is 0. The van der Waals surface area contributed by atoms with Crippen LogP contribution in [-0.4, -0.2) is 40.5 Å². The molecule has 0 atom stereocenters. The fourth-order valence-electron chi connectivity index (χ4n) is 1.06. The lowest BCUT2D eigenvalue weighted by Gasteiger charge is -2.05. The lowest BCUT2D eigenvalue weighted by Crippen LogP contribution is -2.26. The van der Waals surface area contributed by atoms with Gasteiger partial charge >= 0.3 is 6.09 Å². The van der Waals surface area contributed by atoms with Gasteiger partial charge in [0, 0.05) is 25.5 Å². The van der Waals surface area contributed by atoms with Crippen LogP contribution >= 0.6 is 0 Å². The molecule has 1 aromatic heterocycles. The standard InChI is InChI=1S/C9H15N3O3/c13-6-7-15-9(14)11-2-1-4-12-5-3-10-8-12/h3,5,8,13H,1-2,4,6-7H2,(H,11,14). The van der Waals surface area contributed by atoms with E-state index < -0.39 is 6.09 Å². The van der Waals surface area contributed by atoms with Crippen LogP contribution < -0.4 is 5.32 Å². The van der Waals surface area contributed by atoms with Crippen molar-refractivity contribution in [2.45, 2.75) is 13.0 Å². The number of aryl methyl sites for hydroxylation is 1. The maximum absolute atomic E-state index is 10.9. The summed E-state index contributed by atoms with van der Waals surface area (Å²) in [6.45, 7) is 1.23. The zero-order chi connectivity index (χ0) is 10.9. The Balaban J connectivity index is 1.99. The van der Waals surface area contributed by atoms with Gasteiger partial charge < -0.3 is 19.7 Å². The van der Waals surface area contributed by atoms with Gasteiger partial charge in [-0.3, -0.25) is 0 Å². The van der Waals surface area contributed by atoms with Gasteiger partial charge in [-0.15, -0.1) is 0 Å². The Labute approximate surface area is 87.9 Å². The highest BCUT2D eigenvalue weighted by molar-refractivity contribution is 5.66. The van der Waals surface area contributed by atoms with Crippen molar-refractivity contribution in [3.05, 3.63) is 18.7 Å². The Kier molecular flexibility index (Phi) is 5.24. The molecule has 15 heavy (non-hydrogen) atoms. The minimum Gasteiger partial charge on any atom is -0.447 e. The van der Waals surface area contributed by atoms with E-state index in [0.29, 0.717) is 6.54 Å². The molecule has 1 heterocycles. The Morgan fingerprint density at radius 1 is 1.60 bits per heavy atom. The van der Waals surface area contributed by atoms with E-state index in [1.54, 1.807) is 12.5 Å². The van der Waals surface area contributed by atoms with E-state index in [9.17, 15) is 4.79 Å². The number of ether oxygens (including phenoxy) is 1. The molecule has 6 nitrogen and oxygen atoms in total. The first-order chi connectivity index (χ1) is 7.33. The Bertz CT molecular complexity index is 274. The van der Waals surface area contributed by atoms with Crippen LogP contribution in [0.2, 0.25) is 0 Å². The number of imidazole rings is 1. The Morgan fingerprint density at radius 2 is 2.47 bits per heavy atom. The molecule has 0 aromatic carbocycles. The average molecular weight is 213 g/mol. The van der Waals surface area contributed by atoms with Gasteiger partial charge in [0.05, 0.1) is 12.9 Å². The van der Waals surface area contributed by atoms with Gasteiger partial charge in [0.15, 0.2) is 0 Å². The van der Waals surface area contributed by atoms with Crippen LogP contribution in [0.5, 0.6) is 0 Å². The first-order valence-corrected chi connectivity index (χ1v) is 4.80. The highest BCUT2D eigenvalue weighted by atomic mass is 16.6. The molecule has 0 saturated heterocycles. The number of hydrogen-bond donors (Lipinski definition) is 2. The van der Waals surface area contributed by atoms with E-state index in [1.165, 1.54) is 0 Å². The summed E-state index contributed by atoms with van der Waals surface area (Å²) in [6, 6.07) is 0. The van der Waals surface area contributed by atoms with Crippen molar-refractivity contribution in [3.63, 3.8) is 0 Å². The number of alkyl carbamates (subject to hydrolysis) is 1. The fraction of sp³-hybridized carbons (Fsp3) is 0.556. The number of aliphatic hydroxyl groups is 1. The van der Waals surface area contributed by atoms with Crippen molar-refractivity contribution in [2.75, 3.05) is 19.8 Å². The summed E-state index contributed by atoms with van der Waals surface area (Å²) in [6.07, 6.45) is 5.62. The summed E-state index contributed by atoms with van der Waals surface area (Å²) < 4.78 is 6.54. The number of hydrogen-bond acceptors (Lipinski definition) is 4. The summed E-state index contributed by atoms with van der Waals surface area (Å²) in [5, 5.41) is 11.0. The van der Waals surface area contributed by atoms with E-state index in [-0.39, 0.29) is 13.2 Å². The summed E-state index contributed by atoms with van der Waals surface area (Å²) in [5.41, 5.74) is 0. The van der Waals surface area contributed by atoms with Gasteiger partial charge in [0.1, 0.15) is 6.61 Å². The molecule has 0 fully saturated rings. The molecule has 6 heteroatoms. The molecule has 1 aromatic rings. The molecule has 0 bridgehead atoms. The first kappa shape index (κ1) is 11.5. The number of nitrogens with one attached hydrogen (secondary N) is 1. The lowest BCUT2D eigenvalue weighted by atomic mass is 10.4. The van der Waals surface area contributed by atoms with Gasteiger partial charge in [-0.05, 0) is 6.42 Å². The Hall–Kier alpha value is -1.56. The van der Waals surface area contributed by atoms with Crippen molar-refractivity contribution in [1.82, 2.24) is 14.9 Å². The highest BCUT2D eigenvalue weighted by Crippen LogP contribution is 1.89. The number of carbonyl (C=O) groups is 1. The second kappa shape index (κ2) is 6.83. The van der Waals surface area contributed by atoms with E-state index in [2.05, 4.69) is 15.0 Å². The lowest BCUT2D eigenvalue weighted by molar-refractivity contribution is 0.119. The Morgan fingerprint density at radius 3 is 3.13 bits per heavy atom. The minimum absolute atomic E-state index is 0.0351. The summed E-state index contributed by atoms with van der Waals surface area (Å²) in [5.74, 6) is 0. The number of amides is 1. The molecular formula is C9H15N3O3. The molecule has 0 aliphatic carbocycles. The van der Waals surface area contributed by atoms with Gasteiger partial charge in [0.2, 0.25) is 0 Å². The van der Waals surface area contributed by atoms with Crippen LogP contribution in [0.4, 0.5) is 4.79 Å². The maximum atomic E-state index is 10.9. The van der Waals surface area contributed by atoms with Crippen LogP contribution in [0.15, 0.2) is 18.7 Å². The SMILES string of the molecule is O=C(NCCCn1ccnc1)OCCO. The van der Waals surface area contributed by atoms with Crippen molar-refractivity contribution in [1.29, 1.82) is 0 Å². The van der Waals surface area contributed by atoms with Gasteiger partial charge in [-0.2, -0.15) is 0 Å². The number of carbonyl (C=O) groups excluding carboxylic acids is 1. The highest BCUT2D eigenvalue weighted by Gasteiger charge is 1.99. The largest absolute Gasteiger partial charge is 0.447 e. The molecule has 0 aliphatic heterocycles. The molecule has 84 valence electrons. The van der Waals surface area contributed by atoms with Crippen LogP contribution in [0, 0.1) is 0 Å². The number of aromatic nitrogens is 2. The molecular weight excluding hydrogens is 198 g/mol. The molecule has 1 rings (SSSR count). The second-order valence-corrected chi connectivity index (χ2v) is 2.94. The molecule has 1 amide bonds. The van der Waals surface area contributed by atoms with Gasteiger partial charge in [-0.1, -0.05) is 0 Å². The third-order valence-electron chi connectivity index (χ3n) is 1.75. The molecule has 2 N–H and O–H groups in total. The third-order valence-corrected chi connectivity index (χ3v) is 1.75. The van der Waals surface area contributed by atoms with Crippen LogP contribution in [-0.2, 0) is 11.3 Å². The van der Waals surface area contributed by atoms with E-state index in [0.717, 1.165) is 13.0 Å². The molecule has 0 unspecified atom stereocenters. The minimum atomic E-state index is -0.491. The smallest absolute Gasteiger partial charge is 0.407 e. The number of aliphatic hydroxyl groups excluding tert-OH is 1. The monoisotopic (exact) mass is 213 g/mol. The molecule has 0 radical (unpaired) electrons. The summed E-state index contributed by atoms with van der Waals surface area (Å²) in [4.78, 5) is 14.8. The molecule has 0 spiro atoms. The van der Waals surface area contributed by atoms with Crippen LogP contribution in [0.1, 0.15) is 6.42 Å². The molecule has 0 saturated carbocycles.